The van der Waals surface area contributed by atoms with E-state index < -0.39 is 0 Å². The van der Waals surface area contributed by atoms with E-state index in [0.29, 0.717) is 18.0 Å². The summed E-state index contributed by atoms with van der Waals surface area (Å²) < 4.78 is 0. The van der Waals surface area contributed by atoms with Crippen LogP contribution in [-0.4, -0.2) is 24.5 Å². The van der Waals surface area contributed by atoms with Gasteiger partial charge in [0.2, 0.25) is 5.91 Å². The van der Waals surface area contributed by atoms with E-state index in [1.807, 2.05) is 0 Å². The molecule has 1 saturated heterocycles. The van der Waals surface area contributed by atoms with E-state index >= 15 is 0 Å². The molecule has 2 aliphatic rings. The molecule has 0 bridgehead atoms. The van der Waals surface area contributed by atoms with Crippen molar-refractivity contribution in [1.29, 1.82) is 0 Å². The molecule has 1 aliphatic carbocycles. The molecule has 0 aromatic heterocycles. The summed E-state index contributed by atoms with van der Waals surface area (Å²) in [6, 6.07) is 0.925. The fourth-order valence-corrected chi connectivity index (χ4v) is 3.62. The Balaban J connectivity index is 0.00000200. The van der Waals surface area contributed by atoms with Gasteiger partial charge >= 0.3 is 0 Å². The van der Waals surface area contributed by atoms with Crippen LogP contribution in [0.1, 0.15) is 59.3 Å². The SMILES string of the molecule is CC(C)C1CCC(NC(=O)[C@H]2CCN[C@@H](C)C2)CC1.Cl. The van der Waals surface area contributed by atoms with Crippen LogP contribution in [0.25, 0.3) is 0 Å². The van der Waals surface area contributed by atoms with Crippen LogP contribution in [0, 0.1) is 17.8 Å². The molecule has 3 nitrogen and oxygen atoms in total. The number of rotatable bonds is 3. The Kier molecular flexibility index (Phi) is 7.32. The lowest BCUT2D eigenvalue weighted by molar-refractivity contribution is -0.127. The van der Waals surface area contributed by atoms with Crippen molar-refractivity contribution in [1.82, 2.24) is 10.6 Å². The molecule has 1 aliphatic heterocycles. The van der Waals surface area contributed by atoms with Crippen molar-refractivity contribution in [3.05, 3.63) is 0 Å². The van der Waals surface area contributed by atoms with Crippen molar-refractivity contribution >= 4 is 18.3 Å². The Morgan fingerprint density at radius 2 is 1.80 bits per heavy atom. The predicted octanol–water partition coefficient (Wildman–Crippen LogP) is 3.13. The molecule has 0 unspecified atom stereocenters. The van der Waals surface area contributed by atoms with Crippen molar-refractivity contribution < 1.29 is 4.79 Å². The van der Waals surface area contributed by atoms with E-state index in [2.05, 4.69) is 31.4 Å². The lowest BCUT2D eigenvalue weighted by atomic mass is 9.79. The molecule has 4 heteroatoms. The van der Waals surface area contributed by atoms with Gasteiger partial charge in [0.1, 0.15) is 0 Å². The zero-order valence-electron chi connectivity index (χ0n) is 13.2. The molecule has 1 saturated carbocycles. The van der Waals surface area contributed by atoms with Crippen LogP contribution in [-0.2, 0) is 4.79 Å². The van der Waals surface area contributed by atoms with Gasteiger partial charge in [0.15, 0.2) is 0 Å². The van der Waals surface area contributed by atoms with Crippen LogP contribution < -0.4 is 10.6 Å². The van der Waals surface area contributed by atoms with Crippen LogP contribution in [0.15, 0.2) is 0 Å². The minimum Gasteiger partial charge on any atom is -0.353 e. The molecule has 1 heterocycles. The maximum Gasteiger partial charge on any atom is 0.223 e. The first-order valence-electron chi connectivity index (χ1n) is 8.10. The fraction of sp³-hybridized carbons (Fsp3) is 0.938. The largest absolute Gasteiger partial charge is 0.353 e. The maximum atomic E-state index is 12.3. The van der Waals surface area contributed by atoms with E-state index in [9.17, 15) is 4.79 Å². The Morgan fingerprint density at radius 3 is 2.35 bits per heavy atom. The van der Waals surface area contributed by atoms with Gasteiger partial charge in [0.25, 0.3) is 0 Å². The van der Waals surface area contributed by atoms with Gasteiger partial charge in [-0.3, -0.25) is 4.79 Å². The summed E-state index contributed by atoms with van der Waals surface area (Å²) in [6.45, 7) is 7.80. The summed E-state index contributed by atoms with van der Waals surface area (Å²) in [6.07, 6.45) is 6.91. The molecule has 2 rings (SSSR count). The highest BCUT2D eigenvalue weighted by atomic mass is 35.5. The molecular weight excluding hydrogens is 272 g/mol. The summed E-state index contributed by atoms with van der Waals surface area (Å²) in [5.74, 6) is 2.20. The zero-order valence-corrected chi connectivity index (χ0v) is 14.0. The molecule has 0 radical (unpaired) electrons. The summed E-state index contributed by atoms with van der Waals surface area (Å²) in [5, 5.41) is 6.71. The van der Waals surface area contributed by atoms with Gasteiger partial charge < -0.3 is 10.6 Å². The second-order valence-electron chi connectivity index (χ2n) is 6.94. The third-order valence-corrected chi connectivity index (χ3v) is 5.06. The molecular formula is C16H31ClN2O. The number of hydrogen-bond acceptors (Lipinski definition) is 2. The average molecular weight is 303 g/mol. The van der Waals surface area contributed by atoms with Gasteiger partial charge in [-0.05, 0) is 63.8 Å². The van der Waals surface area contributed by atoms with Crippen molar-refractivity contribution in [2.75, 3.05) is 6.54 Å². The van der Waals surface area contributed by atoms with Gasteiger partial charge in [-0.25, -0.2) is 0 Å². The van der Waals surface area contributed by atoms with Gasteiger partial charge in [-0.1, -0.05) is 13.8 Å². The smallest absolute Gasteiger partial charge is 0.223 e. The first kappa shape index (κ1) is 17.8. The zero-order chi connectivity index (χ0) is 13.8. The van der Waals surface area contributed by atoms with Crippen LogP contribution in [0.4, 0.5) is 0 Å². The first-order valence-corrected chi connectivity index (χ1v) is 8.10. The molecule has 2 fully saturated rings. The lowest BCUT2D eigenvalue weighted by Gasteiger charge is -2.33. The third-order valence-electron chi connectivity index (χ3n) is 5.06. The standard InChI is InChI=1S/C16H30N2O.ClH/c1-11(2)13-4-6-15(7-5-13)18-16(19)14-8-9-17-12(3)10-14;/h11-15,17H,4-10H2,1-3H3,(H,18,19);1H/t12-,13?,14-,15?;/m0./s1. The Hall–Kier alpha value is -0.280. The van der Waals surface area contributed by atoms with Crippen LogP contribution in [0.2, 0.25) is 0 Å². The van der Waals surface area contributed by atoms with Crippen molar-refractivity contribution in [2.45, 2.75) is 71.4 Å². The molecule has 2 N–H and O–H groups in total. The number of nitrogens with one attached hydrogen (secondary N) is 2. The normalized spacial score (nSPS) is 34.4. The Labute approximate surface area is 130 Å². The quantitative estimate of drug-likeness (QED) is 0.841. The van der Waals surface area contributed by atoms with Crippen LogP contribution >= 0.6 is 12.4 Å². The molecule has 20 heavy (non-hydrogen) atoms. The highest BCUT2D eigenvalue weighted by Gasteiger charge is 2.28. The van der Waals surface area contributed by atoms with E-state index in [4.69, 9.17) is 0 Å². The van der Waals surface area contributed by atoms with Crippen molar-refractivity contribution in [3.8, 4) is 0 Å². The van der Waals surface area contributed by atoms with Crippen molar-refractivity contribution in [3.63, 3.8) is 0 Å². The van der Waals surface area contributed by atoms with Crippen LogP contribution in [0.3, 0.4) is 0 Å². The molecule has 2 atom stereocenters. The highest BCUT2D eigenvalue weighted by molar-refractivity contribution is 5.85. The first-order chi connectivity index (χ1) is 9.06. The fourth-order valence-electron chi connectivity index (χ4n) is 3.62. The lowest BCUT2D eigenvalue weighted by Crippen LogP contribution is -2.46. The number of amides is 1. The number of halogens is 1. The summed E-state index contributed by atoms with van der Waals surface area (Å²) in [4.78, 5) is 12.3. The van der Waals surface area contributed by atoms with Crippen molar-refractivity contribution in [2.24, 2.45) is 17.8 Å². The second-order valence-corrected chi connectivity index (χ2v) is 6.94. The topological polar surface area (TPSA) is 41.1 Å². The molecule has 0 spiro atoms. The molecule has 1 amide bonds. The summed E-state index contributed by atoms with van der Waals surface area (Å²) >= 11 is 0. The van der Waals surface area contributed by atoms with E-state index in [1.165, 1.54) is 25.7 Å². The summed E-state index contributed by atoms with van der Waals surface area (Å²) in [5.41, 5.74) is 0. The number of carbonyl (C=O) groups is 1. The molecule has 0 aromatic carbocycles. The third kappa shape index (κ3) is 4.92. The highest BCUT2D eigenvalue weighted by Crippen LogP contribution is 2.30. The number of piperidine rings is 1. The van der Waals surface area contributed by atoms with Gasteiger partial charge in [0, 0.05) is 18.0 Å². The van der Waals surface area contributed by atoms with Gasteiger partial charge in [-0.2, -0.15) is 0 Å². The number of hydrogen-bond donors (Lipinski definition) is 2. The maximum absolute atomic E-state index is 12.3. The van der Waals surface area contributed by atoms with E-state index in [-0.39, 0.29) is 18.3 Å². The van der Waals surface area contributed by atoms with Crippen LogP contribution in [0.5, 0.6) is 0 Å². The Morgan fingerprint density at radius 1 is 1.15 bits per heavy atom. The van der Waals surface area contributed by atoms with Gasteiger partial charge in [-0.15, -0.1) is 12.4 Å². The second kappa shape index (κ2) is 8.23. The van der Waals surface area contributed by atoms with E-state index in [0.717, 1.165) is 31.2 Å². The molecule has 0 aromatic rings. The summed E-state index contributed by atoms with van der Waals surface area (Å²) in [7, 11) is 0. The average Bonchev–Trinajstić information content (AvgIpc) is 2.39. The minimum atomic E-state index is 0. The minimum absolute atomic E-state index is 0. The monoisotopic (exact) mass is 302 g/mol. The van der Waals surface area contributed by atoms with E-state index in [1.54, 1.807) is 0 Å². The Bertz CT molecular complexity index is 301. The predicted molar refractivity (Wildman–Crippen MR) is 86.2 cm³/mol. The molecule has 118 valence electrons. The van der Waals surface area contributed by atoms with Gasteiger partial charge in [0.05, 0.1) is 0 Å². The number of carbonyl (C=O) groups excluding carboxylic acids is 1.